The smallest absolute Gasteiger partial charge is 0.307 e. The van der Waals surface area contributed by atoms with Gasteiger partial charge in [0, 0.05) is 23.2 Å². The first kappa shape index (κ1) is 15.2. The summed E-state index contributed by atoms with van der Waals surface area (Å²) < 4.78 is 4.73. The van der Waals surface area contributed by atoms with Crippen LogP contribution in [0.3, 0.4) is 0 Å². The van der Waals surface area contributed by atoms with E-state index in [0.717, 1.165) is 24.1 Å². The lowest BCUT2D eigenvalue weighted by Gasteiger charge is -2.42. The summed E-state index contributed by atoms with van der Waals surface area (Å²) in [6.07, 6.45) is 5.43. The molecule has 18 heavy (non-hydrogen) atoms. The van der Waals surface area contributed by atoms with Gasteiger partial charge in [-0.25, -0.2) is 4.98 Å². The minimum Gasteiger partial charge on any atom is -0.469 e. The predicted octanol–water partition coefficient (Wildman–Crippen LogP) is 1.72. The van der Waals surface area contributed by atoms with E-state index in [2.05, 4.69) is 10.3 Å². The zero-order valence-corrected chi connectivity index (χ0v) is 11.9. The average Bonchev–Trinajstić information content (AvgIpc) is 2.67. The lowest BCUT2D eigenvalue weighted by atomic mass is 9.74. The predicted molar refractivity (Wildman–Crippen MR) is 73.8 cm³/mol. The van der Waals surface area contributed by atoms with Crippen LogP contribution in [0, 0.1) is 0 Å². The number of ether oxygens (including phenoxy) is 1. The van der Waals surface area contributed by atoms with Crippen LogP contribution >= 0.6 is 23.7 Å². The monoisotopic (exact) mass is 291 g/mol. The number of aromatic nitrogens is 1. The number of nitrogens with one attached hydrogen (secondary N) is 1. The highest BCUT2D eigenvalue weighted by Gasteiger charge is 2.38. The van der Waals surface area contributed by atoms with E-state index >= 15 is 0 Å². The van der Waals surface area contributed by atoms with E-state index in [0.29, 0.717) is 18.1 Å². The second kappa shape index (κ2) is 6.36. The van der Waals surface area contributed by atoms with E-state index in [1.54, 1.807) is 6.20 Å². The molecule has 1 aliphatic rings. The van der Waals surface area contributed by atoms with Crippen LogP contribution in [-0.4, -0.2) is 23.6 Å². The SMILES string of the molecule is COC(=O)CC1(NCc2cnc(N)s2)CCC1.Cl. The molecular weight excluding hydrogens is 274 g/mol. The number of carbonyl (C=O) groups excluding carboxylic acids is 1. The Hall–Kier alpha value is -0.850. The summed E-state index contributed by atoms with van der Waals surface area (Å²) >= 11 is 1.48. The van der Waals surface area contributed by atoms with E-state index < -0.39 is 0 Å². The van der Waals surface area contributed by atoms with Gasteiger partial charge in [-0.1, -0.05) is 0 Å². The third-order valence-electron chi connectivity index (χ3n) is 3.23. The van der Waals surface area contributed by atoms with Crippen molar-refractivity contribution in [2.45, 2.75) is 37.8 Å². The number of rotatable bonds is 5. The Labute approximate surface area is 117 Å². The van der Waals surface area contributed by atoms with Crippen molar-refractivity contribution in [3.63, 3.8) is 0 Å². The van der Waals surface area contributed by atoms with Gasteiger partial charge in [0.1, 0.15) is 0 Å². The number of esters is 1. The molecule has 0 saturated heterocycles. The molecule has 102 valence electrons. The third kappa shape index (κ3) is 3.57. The molecule has 0 amide bonds. The first-order valence-corrected chi connectivity index (χ1v) is 6.47. The van der Waals surface area contributed by atoms with Crippen LogP contribution in [0.5, 0.6) is 0 Å². The summed E-state index contributed by atoms with van der Waals surface area (Å²) in [6, 6.07) is 0. The zero-order chi connectivity index (χ0) is 12.3. The van der Waals surface area contributed by atoms with Gasteiger partial charge in [0.25, 0.3) is 0 Å². The highest BCUT2D eigenvalue weighted by Crippen LogP contribution is 2.35. The molecule has 1 saturated carbocycles. The summed E-state index contributed by atoms with van der Waals surface area (Å²) in [5.74, 6) is -0.152. The molecule has 3 N–H and O–H groups in total. The quantitative estimate of drug-likeness (QED) is 0.808. The number of nitrogens with two attached hydrogens (primary N) is 1. The number of nitrogen functional groups attached to an aromatic ring is 1. The maximum absolute atomic E-state index is 11.3. The second-order valence-electron chi connectivity index (χ2n) is 4.41. The van der Waals surface area contributed by atoms with Gasteiger partial charge in [0.15, 0.2) is 5.13 Å². The number of nitrogens with zero attached hydrogens (tertiary/aromatic N) is 1. The molecule has 0 atom stereocenters. The van der Waals surface area contributed by atoms with Crippen LogP contribution < -0.4 is 11.1 Å². The zero-order valence-electron chi connectivity index (χ0n) is 10.3. The van der Waals surface area contributed by atoms with Gasteiger partial charge >= 0.3 is 5.97 Å². The minimum atomic E-state index is -0.152. The Balaban J connectivity index is 0.00000162. The molecule has 0 spiro atoms. The molecule has 0 radical (unpaired) electrons. The number of thiazole rings is 1. The number of anilines is 1. The maximum atomic E-state index is 11.3. The maximum Gasteiger partial charge on any atom is 0.307 e. The lowest BCUT2D eigenvalue weighted by molar-refractivity contribution is -0.143. The van der Waals surface area contributed by atoms with Gasteiger partial charge in [-0.3, -0.25) is 4.79 Å². The molecule has 1 aromatic heterocycles. The largest absolute Gasteiger partial charge is 0.469 e. The fourth-order valence-electron chi connectivity index (χ4n) is 2.05. The minimum absolute atomic E-state index is 0. The Bertz CT molecular complexity index is 407. The van der Waals surface area contributed by atoms with Gasteiger partial charge in [-0.15, -0.1) is 23.7 Å². The van der Waals surface area contributed by atoms with Gasteiger partial charge in [0.2, 0.25) is 0 Å². The Morgan fingerprint density at radius 2 is 2.39 bits per heavy atom. The summed E-state index contributed by atoms with van der Waals surface area (Å²) in [4.78, 5) is 16.4. The number of halogens is 1. The summed E-state index contributed by atoms with van der Waals surface area (Å²) in [5, 5.41) is 4.02. The first-order valence-electron chi connectivity index (χ1n) is 5.66. The molecule has 1 aliphatic carbocycles. The number of hydrogen-bond acceptors (Lipinski definition) is 6. The van der Waals surface area contributed by atoms with Crippen molar-refractivity contribution in [1.29, 1.82) is 0 Å². The van der Waals surface area contributed by atoms with Crippen LogP contribution in [0.1, 0.15) is 30.6 Å². The molecule has 5 nitrogen and oxygen atoms in total. The van der Waals surface area contributed by atoms with E-state index in [-0.39, 0.29) is 23.9 Å². The van der Waals surface area contributed by atoms with Crippen molar-refractivity contribution in [3.8, 4) is 0 Å². The van der Waals surface area contributed by atoms with Crippen LogP contribution in [0.25, 0.3) is 0 Å². The van der Waals surface area contributed by atoms with Gasteiger partial charge in [-0.05, 0) is 19.3 Å². The van der Waals surface area contributed by atoms with E-state index in [1.807, 2.05) is 0 Å². The highest BCUT2D eigenvalue weighted by molar-refractivity contribution is 7.15. The molecule has 0 bridgehead atoms. The van der Waals surface area contributed by atoms with Gasteiger partial charge in [-0.2, -0.15) is 0 Å². The average molecular weight is 292 g/mol. The molecule has 0 aliphatic heterocycles. The summed E-state index contributed by atoms with van der Waals surface area (Å²) in [6.45, 7) is 0.714. The van der Waals surface area contributed by atoms with E-state index in [4.69, 9.17) is 10.5 Å². The highest BCUT2D eigenvalue weighted by atomic mass is 35.5. The summed E-state index contributed by atoms with van der Waals surface area (Å²) in [7, 11) is 1.43. The van der Waals surface area contributed by atoms with Crippen molar-refractivity contribution in [2.75, 3.05) is 12.8 Å². The number of methoxy groups -OCH3 is 1. The van der Waals surface area contributed by atoms with Crippen molar-refractivity contribution >= 4 is 34.8 Å². The molecule has 1 fully saturated rings. The Kier molecular flexibility index (Phi) is 5.37. The van der Waals surface area contributed by atoms with Crippen molar-refractivity contribution in [1.82, 2.24) is 10.3 Å². The molecule has 1 aromatic rings. The topological polar surface area (TPSA) is 77.2 Å². The van der Waals surface area contributed by atoms with Crippen molar-refractivity contribution in [2.24, 2.45) is 0 Å². The number of carbonyl (C=O) groups is 1. The third-order valence-corrected chi connectivity index (χ3v) is 4.06. The van der Waals surface area contributed by atoms with Gasteiger partial charge in [0.05, 0.1) is 13.5 Å². The molecule has 7 heteroatoms. The van der Waals surface area contributed by atoms with E-state index in [1.165, 1.54) is 18.4 Å². The standard InChI is InChI=1S/C11H17N3O2S.ClH/c1-16-9(15)5-11(3-2-4-11)14-7-8-6-13-10(12)17-8;/h6,14H,2-5,7H2,1H3,(H2,12,13);1H. The normalized spacial score (nSPS) is 16.5. The van der Waals surface area contributed by atoms with Crippen LogP contribution in [-0.2, 0) is 16.1 Å². The molecular formula is C11H18ClN3O2S. The van der Waals surface area contributed by atoms with Gasteiger partial charge < -0.3 is 15.8 Å². The molecule has 0 unspecified atom stereocenters. The Morgan fingerprint density at radius 1 is 1.67 bits per heavy atom. The molecule has 0 aromatic carbocycles. The fraction of sp³-hybridized carbons (Fsp3) is 0.636. The van der Waals surface area contributed by atoms with Crippen molar-refractivity contribution < 1.29 is 9.53 Å². The second-order valence-corrected chi connectivity index (χ2v) is 5.55. The van der Waals surface area contributed by atoms with Crippen LogP contribution in [0.4, 0.5) is 5.13 Å². The lowest BCUT2D eigenvalue weighted by Crippen LogP contribution is -2.51. The van der Waals surface area contributed by atoms with Crippen LogP contribution in [0.15, 0.2) is 6.20 Å². The Morgan fingerprint density at radius 3 is 2.83 bits per heavy atom. The molecule has 1 heterocycles. The first-order chi connectivity index (χ1) is 8.13. The van der Waals surface area contributed by atoms with E-state index in [9.17, 15) is 4.79 Å². The number of hydrogen-bond donors (Lipinski definition) is 2. The van der Waals surface area contributed by atoms with Crippen molar-refractivity contribution in [3.05, 3.63) is 11.1 Å². The van der Waals surface area contributed by atoms with Crippen LogP contribution in [0.2, 0.25) is 0 Å². The summed E-state index contributed by atoms with van der Waals surface area (Å²) in [5.41, 5.74) is 5.49. The molecule has 2 rings (SSSR count). The fourth-order valence-corrected chi connectivity index (χ4v) is 2.67.